The molecule has 2 aromatic carbocycles. The van der Waals surface area contributed by atoms with Crippen LogP contribution >= 0.6 is 10.0 Å². The van der Waals surface area contributed by atoms with Crippen LogP contribution in [0.1, 0.15) is 44.5 Å². The topological polar surface area (TPSA) is 97.3 Å². The van der Waals surface area contributed by atoms with Crippen molar-refractivity contribution in [1.29, 1.82) is 0 Å². The third-order valence-corrected chi connectivity index (χ3v) is 11.7. The lowest BCUT2D eigenvalue weighted by atomic mass is 9.98. The Morgan fingerprint density at radius 1 is 1.00 bits per heavy atom. The molecule has 8 nitrogen and oxygen atoms in total. The summed E-state index contributed by atoms with van der Waals surface area (Å²) in [5.41, 5.74) is 7.54. The van der Waals surface area contributed by atoms with Gasteiger partial charge in [-0.25, -0.2) is 4.98 Å². The average Bonchev–Trinajstić information content (AvgIpc) is 3.60. The highest BCUT2D eigenvalue weighted by Gasteiger charge is 2.50. The van der Waals surface area contributed by atoms with E-state index in [0.29, 0.717) is 25.2 Å². The van der Waals surface area contributed by atoms with Crippen molar-refractivity contribution in [2.45, 2.75) is 58.3 Å². The molecule has 1 fully saturated rings. The first kappa shape index (κ1) is 30.0. The number of ether oxygens (including phenoxy) is 3. The lowest BCUT2D eigenvalue weighted by Crippen LogP contribution is -2.44. The molecule has 2 aromatic heterocycles. The van der Waals surface area contributed by atoms with E-state index in [-0.39, 0.29) is 18.1 Å². The molecular formula is C32H38FN5O3S. The highest BCUT2D eigenvalue weighted by molar-refractivity contribution is 8.37. The fourth-order valence-corrected chi connectivity index (χ4v) is 7.24. The number of nitrogens with zero attached hydrogens (tertiary/aromatic N) is 4. The second kappa shape index (κ2) is 13.2. The zero-order valence-electron chi connectivity index (χ0n) is 24.3. The van der Waals surface area contributed by atoms with Gasteiger partial charge in [-0.05, 0) is 28.4 Å². The minimum absolute atomic E-state index is 0.0226. The first-order valence-electron chi connectivity index (χ1n) is 14.3. The highest BCUT2D eigenvalue weighted by atomic mass is 32.3. The minimum Gasteiger partial charge on any atom is -0.382 e. The normalized spacial score (nSPS) is 20.9. The van der Waals surface area contributed by atoms with Crippen molar-refractivity contribution in [2.75, 3.05) is 29.6 Å². The van der Waals surface area contributed by atoms with Crippen LogP contribution in [0.2, 0.25) is 0 Å². The van der Waals surface area contributed by atoms with Crippen LogP contribution in [0.3, 0.4) is 0 Å². The van der Waals surface area contributed by atoms with Crippen molar-refractivity contribution in [2.24, 2.45) is 0 Å². The molecule has 4 aromatic rings. The van der Waals surface area contributed by atoms with E-state index in [2.05, 4.69) is 46.9 Å². The van der Waals surface area contributed by atoms with Gasteiger partial charge in [-0.1, -0.05) is 92.6 Å². The molecule has 1 aliphatic rings. The molecule has 222 valence electrons. The number of rotatable bonds is 11. The summed E-state index contributed by atoms with van der Waals surface area (Å²) in [6.07, 6.45) is 0.0294. The maximum Gasteiger partial charge on any atom is 0.312 e. The molecular weight excluding hydrogens is 553 g/mol. The third-order valence-electron chi connectivity index (χ3n) is 7.87. The van der Waals surface area contributed by atoms with E-state index in [0.717, 1.165) is 28.4 Å². The lowest BCUT2D eigenvalue weighted by molar-refractivity contribution is -0.123. The first-order chi connectivity index (χ1) is 20.4. The fraction of sp³-hybridized carbons (Fsp3) is 0.406. The predicted octanol–water partition coefficient (Wildman–Crippen LogP) is 5.83. The number of aromatic nitrogens is 4. The molecule has 0 aliphatic carbocycles. The lowest BCUT2D eigenvalue weighted by Gasteiger charge is -2.33. The Balaban J connectivity index is 1.54. The largest absolute Gasteiger partial charge is 0.382 e. The number of imidazole rings is 1. The van der Waals surface area contributed by atoms with Gasteiger partial charge >= 0.3 is 6.08 Å². The Kier molecular flexibility index (Phi) is 9.43. The summed E-state index contributed by atoms with van der Waals surface area (Å²) < 4.78 is 35.7. The van der Waals surface area contributed by atoms with Gasteiger partial charge in [0.15, 0.2) is 22.6 Å². The number of halogens is 1. The third kappa shape index (κ3) is 6.45. The number of fused-ring (bicyclic) bond motifs is 1. The second-order valence-electron chi connectivity index (χ2n) is 10.3. The quantitative estimate of drug-likeness (QED) is 0.173. The number of anilines is 1. The monoisotopic (exact) mass is 591 g/mol. The molecule has 0 radical (unpaired) electrons. The molecule has 1 aliphatic heterocycles. The van der Waals surface area contributed by atoms with Gasteiger partial charge in [0.05, 0.1) is 26.1 Å². The minimum atomic E-state index is -1.18. The molecule has 5 rings (SSSR count). The van der Waals surface area contributed by atoms with Gasteiger partial charge in [0.1, 0.15) is 12.3 Å². The fourth-order valence-electron chi connectivity index (χ4n) is 5.20. The SMILES string of the molecule is CCS(C#C[C@]1(COCc2ccccc2)O[C@@H](n2cnc3c(N)nc(F)nc32)C[C@@H]1OCc1ccccc1)(CC)CC. The molecule has 42 heavy (non-hydrogen) atoms. The van der Waals surface area contributed by atoms with Gasteiger partial charge in [-0.15, -0.1) is 0 Å². The number of nitrogen functional groups attached to an aromatic ring is 1. The maximum atomic E-state index is 14.2. The van der Waals surface area contributed by atoms with Gasteiger partial charge in [0.25, 0.3) is 0 Å². The van der Waals surface area contributed by atoms with E-state index in [4.69, 9.17) is 19.9 Å². The van der Waals surface area contributed by atoms with Crippen molar-refractivity contribution < 1.29 is 18.6 Å². The van der Waals surface area contributed by atoms with Gasteiger partial charge < -0.3 is 19.9 Å². The van der Waals surface area contributed by atoms with Crippen LogP contribution < -0.4 is 5.73 Å². The molecule has 0 bridgehead atoms. The molecule has 3 heterocycles. The Hall–Kier alpha value is -3.49. The van der Waals surface area contributed by atoms with E-state index >= 15 is 0 Å². The van der Waals surface area contributed by atoms with Crippen molar-refractivity contribution in [3.8, 4) is 11.2 Å². The number of nitrogens with two attached hydrogens (primary N) is 1. The molecule has 0 saturated carbocycles. The maximum absolute atomic E-state index is 14.2. The first-order valence-corrected chi connectivity index (χ1v) is 16.5. The van der Waals surface area contributed by atoms with E-state index < -0.39 is 34.0 Å². The molecule has 0 unspecified atom stereocenters. The van der Waals surface area contributed by atoms with Crippen molar-refractivity contribution in [3.63, 3.8) is 0 Å². The van der Waals surface area contributed by atoms with E-state index in [9.17, 15) is 4.39 Å². The molecule has 2 N–H and O–H groups in total. The summed E-state index contributed by atoms with van der Waals surface area (Å²) in [6.45, 7) is 7.58. The van der Waals surface area contributed by atoms with Crippen molar-refractivity contribution in [1.82, 2.24) is 19.5 Å². The van der Waals surface area contributed by atoms with Crippen LogP contribution in [0.4, 0.5) is 10.2 Å². The number of hydrogen-bond acceptors (Lipinski definition) is 7. The Labute approximate surface area is 248 Å². The van der Waals surface area contributed by atoms with Gasteiger partial charge in [-0.2, -0.15) is 24.4 Å². The standard InChI is InChI=1S/C32H38FN5O3S/c1-4-42(5-2,6-3)18-17-32(22-39-20-24-13-9-7-10-14-24)26(40-21-25-15-11-8-12-16-25)19-27(41-32)38-23-35-28-29(34)36-31(33)37-30(28)38/h7-16,23,26-27H,4-6,19-22H2,1-3H3,(H2,34,36,37)/t26-,27+,32+/m0/s1. The van der Waals surface area contributed by atoms with E-state index in [1.54, 1.807) is 10.9 Å². The van der Waals surface area contributed by atoms with Crippen LogP contribution in [-0.2, 0) is 27.4 Å². The molecule has 1 saturated heterocycles. The summed E-state index contributed by atoms with van der Waals surface area (Å²) in [4.78, 5) is 12.0. The molecule has 0 amide bonds. The van der Waals surface area contributed by atoms with E-state index in [1.807, 2.05) is 60.7 Å². The van der Waals surface area contributed by atoms with Crippen LogP contribution in [0.25, 0.3) is 11.2 Å². The summed E-state index contributed by atoms with van der Waals surface area (Å²) in [5, 5.41) is 3.68. The summed E-state index contributed by atoms with van der Waals surface area (Å²) in [7, 11) is -1.18. The Morgan fingerprint density at radius 3 is 2.29 bits per heavy atom. The van der Waals surface area contributed by atoms with Crippen LogP contribution in [0, 0.1) is 17.3 Å². The Bertz CT molecular complexity index is 1530. The molecule has 10 heteroatoms. The average molecular weight is 592 g/mol. The van der Waals surface area contributed by atoms with Crippen molar-refractivity contribution >= 4 is 27.0 Å². The van der Waals surface area contributed by atoms with Crippen molar-refractivity contribution in [3.05, 3.63) is 84.2 Å². The van der Waals surface area contributed by atoms with Gasteiger partial charge in [-0.3, -0.25) is 4.57 Å². The highest BCUT2D eigenvalue weighted by Crippen LogP contribution is 2.47. The van der Waals surface area contributed by atoms with Crippen LogP contribution in [0.5, 0.6) is 0 Å². The zero-order valence-corrected chi connectivity index (χ0v) is 25.1. The molecule has 0 spiro atoms. The van der Waals surface area contributed by atoms with Crippen LogP contribution in [-0.4, -0.2) is 55.1 Å². The number of hydrogen-bond donors (Lipinski definition) is 1. The number of benzene rings is 2. The van der Waals surface area contributed by atoms with Gasteiger partial charge in [0.2, 0.25) is 0 Å². The van der Waals surface area contributed by atoms with Gasteiger partial charge in [0, 0.05) is 6.42 Å². The van der Waals surface area contributed by atoms with Crippen LogP contribution in [0.15, 0.2) is 67.0 Å². The zero-order chi connectivity index (χ0) is 29.6. The Morgan fingerprint density at radius 2 is 1.64 bits per heavy atom. The predicted molar refractivity (Wildman–Crippen MR) is 165 cm³/mol. The molecule has 3 atom stereocenters. The second-order valence-corrected chi connectivity index (χ2v) is 14.3. The summed E-state index contributed by atoms with van der Waals surface area (Å²) >= 11 is 0. The smallest absolute Gasteiger partial charge is 0.312 e. The summed E-state index contributed by atoms with van der Waals surface area (Å²) in [6, 6.07) is 20.0. The summed E-state index contributed by atoms with van der Waals surface area (Å²) in [5.74, 6) is 6.53. The van der Waals surface area contributed by atoms with E-state index in [1.165, 1.54) is 0 Å².